The van der Waals surface area contributed by atoms with E-state index in [-0.39, 0.29) is 38.5 Å². The van der Waals surface area contributed by atoms with Gasteiger partial charge in [0.25, 0.3) is 0 Å². The van der Waals surface area contributed by atoms with Crippen LogP contribution in [-0.2, 0) is 71.0 Å². The predicted octanol–water partition coefficient (Wildman–Crippen LogP) is 22.8. The van der Waals surface area contributed by atoms with E-state index in [2.05, 4.69) is 64.3 Å². The van der Waals surface area contributed by atoms with Gasteiger partial charge < -0.3 is 69.1 Å². The lowest BCUT2D eigenvalue weighted by atomic mass is 9.95. The van der Waals surface area contributed by atoms with Crippen LogP contribution >= 0.6 is 7.60 Å². The number of aliphatic hydroxyl groups excluding tert-OH is 4. The van der Waals surface area contributed by atoms with Gasteiger partial charge in [-0.2, -0.15) is 0 Å². The van der Waals surface area contributed by atoms with Crippen molar-refractivity contribution in [3.8, 4) is 0 Å². The fourth-order valence-corrected chi connectivity index (χ4v) is 17.0. The van der Waals surface area contributed by atoms with Gasteiger partial charge in [0.05, 0.1) is 57.2 Å². The summed E-state index contributed by atoms with van der Waals surface area (Å²) in [6.45, 7) is 12.8. The maximum atomic E-state index is 15.0. The molecule has 14 atom stereocenters. The molecule has 7 N–H and O–H groups in total. The molecule has 0 aromatic carbocycles. The first-order chi connectivity index (χ1) is 58.2. The average Bonchev–Trinajstić information content (AvgIpc) is 0.791. The summed E-state index contributed by atoms with van der Waals surface area (Å²) in [6, 6.07) is -3.05. The normalized spacial score (nSPS) is 20.3. The minimum Gasteiger partial charge on any atom is -0.462 e. The summed E-state index contributed by atoms with van der Waals surface area (Å²) in [7, 11) is -4.58. The summed E-state index contributed by atoms with van der Waals surface area (Å²) >= 11 is 0. The third kappa shape index (κ3) is 61.7. The van der Waals surface area contributed by atoms with Crippen molar-refractivity contribution in [2.24, 2.45) is 0 Å². The molecule has 0 saturated carbocycles. The second-order valence-electron chi connectivity index (χ2n) is 35.5. The summed E-state index contributed by atoms with van der Waals surface area (Å²) < 4.78 is 63.3. The fourth-order valence-electron chi connectivity index (χ4n) is 16.4. The fraction of sp³-hybridized carbons (Fsp3) is 0.918. The Morgan fingerprint density at radius 2 is 0.750 bits per heavy atom. The van der Waals surface area contributed by atoms with Crippen molar-refractivity contribution < 1.29 is 96.3 Å². The molecule has 2 aliphatic rings. The van der Waals surface area contributed by atoms with Crippen LogP contribution in [-0.4, -0.2) is 160 Å². The molecular weight excluding hydrogens is 1540 g/mol. The molecule has 22 nitrogen and oxygen atoms in total. The summed E-state index contributed by atoms with van der Waals surface area (Å²) in [5.41, 5.74) is 0. The van der Waals surface area contributed by atoms with Crippen LogP contribution in [0.25, 0.3) is 0 Å². The van der Waals surface area contributed by atoms with Gasteiger partial charge in [-0.15, -0.1) is 0 Å². The second kappa shape index (κ2) is 76.6. The predicted molar refractivity (Wildman–Crippen MR) is 481 cm³/mol. The summed E-state index contributed by atoms with van der Waals surface area (Å²) in [5, 5.41) is 51.8. The van der Waals surface area contributed by atoms with Crippen LogP contribution in [0.15, 0.2) is 12.2 Å². The maximum Gasteiger partial charge on any atom is 0.327 e. The van der Waals surface area contributed by atoms with Crippen molar-refractivity contribution in [3.05, 3.63) is 12.2 Å². The maximum absolute atomic E-state index is 15.0. The van der Waals surface area contributed by atoms with Gasteiger partial charge in [0.1, 0.15) is 42.6 Å². The third-order valence-electron chi connectivity index (χ3n) is 23.7. The zero-order valence-corrected chi connectivity index (χ0v) is 78.2. The molecule has 120 heavy (non-hydrogen) atoms. The smallest absolute Gasteiger partial charge is 0.327 e. The molecule has 2 rings (SSSR count). The van der Waals surface area contributed by atoms with Crippen LogP contribution in [0.2, 0.25) is 0 Å². The van der Waals surface area contributed by atoms with Gasteiger partial charge in [0.15, 0.2) is 18.7 Å². The highest BCUT2D eigenvalue weighted by Crippen LogP contribution is 2.42. The molecule has 2 fully saturated rings. The van der Waals surface area contributed by atoms with E-state index in [1.807, 2.05) is 0 Å². The van der Waals surface area contributed by atoms with Crippen LogP contribution in [0, 0.1) is 0 Å². The van der Waals surface area contributed by atoms with Crippen molar-refractivity contribution in [3.63, 3.8) is 0 Å². The third-order valence-corrected chi connectivity index (χ3v) is 24.3. The zero-order chi connectivity index (χ0) is 87.7. The van der Waals surface area contributed by atoms with Gasteiger partial charge in [-0.05, 0) is 77.0 Å². The second-order valence-corrected chi connectivity index (χ2v) is 37.3. The molecule has 0 aromatic heterocycles. The lowest BCUT2D eigenvalue weighted by molar-refractivity contribution is -0.283. The first-order valence-electron chi connectivity index (χ1n) is 49.8. The van der Waals surface area contributed by atoms with E-state index >= 15 is 4.79 Å². The van der Waals surface area contributed by atoms with E-state index in [0.717, 1.165) is 186 Å². The van der Waals surface area contributed by atoms with Crippen LogP contribution in [0.4, 0.5) is 0 Å². The first-order valence-corrected chi connectivity index (χ1v) is 51.8. The largest absolute Gasteiger partial charge is 0.462 e. The molecular formula is C97H181N2O20P. The molecule has 0 aromatic rings. The van der Waals surface area contributed by atoms with Gasteiger partial charge in [-0.25, -0.2) is 0 Å². The number of hydrogen-bond donors (Lipinski definition) is 7. The molecule has 2 amide bonds. The number of carbonyl (C=O) groups is 6. The zero-order valence-electron chi connectivity index (χ0n) is 77.3. The molecule has 0 radical (unpaired) electrons. The Morgan fingerprint density at radius 3 is 1.16 bits per heavy atom. The number of carbonyl (C=O) groups excluding carboxylic acids is 6. The Bertz CT molecular complexity index is 2560. The lowest BCUT2D eigenvalue weighted by Gasteiger charge is -2.45. The number of allylic oxidation sites excluding steroid dienone is 2. The number of hydrogen-bond acceptors (Lipinski definition) is 19. The van der Waals surface area contributed by atoms with E-state index in [4.69, 9.17) is 37.7 Å². The van der Waals surface area contributed by atoms with Gasteiger partial charge >= 0.3 is 31.5 Å². The quantitative estimate of drug-likeness (QED) is 0.00978. The van der Waals surface area contributed by atoms with Crippen LogP contribution < -0.4 is 10.6 Å². The van der Waals surface area contributed by atoms with Gasteiger partial charge in [0, 0.05) is 25.9 Å². The molecule has 0 bridgehead atoms. The molecule has 23 heteroatoms. The molecule has 2 aliphatic heterocycles. The monoisotopic (exact) mass is 1730 g/mol. The number of rotatable bonds is 83. The number of esters is 4. The van der Waals surface area contributed by atoms with Gasteiger partial charge in [-0.1, -0.05) is 362 Å². The van der Waals surface area contributed by atoms with Crippen LogP contribution in [0.3, 0.4) is 0 Å². The summed E-state index contributed by atoms with van der Waals surface area (Å²) in [5.74, 6) is -3.89. The van der Waals surface area contributed by atoms with E-state index in [1.54, 1.807) is 0 Å². The highest BCUT2D eigenvalue weighted by Gasteiger charge is 2.52. The van der Waals surface area contributed by atoms with Crippen molar-refractivity contribution in [2.75, 3.05) is 19.9 Å². The van der Waals surface area contributed by atoms with Crippen molar-refractivity contribution in [1.29, 1.82) is 0 Å². The molecule has 2 heterocycles. The number of ether oxygens (including phenoxy) is 7. The Morgan fingerprint density at radius 1 is 0.408 bits per heavy atom. The van der Waals surface area contributed by atoms with Gasteiger partial charge in [0.2, 0.25) is 11.8 Å². The lowest BCUT2D eigenvalue weighted by Crippen LogP contribution is -2.66. The summed E-state index contributed by atoms with van der Waals surface area (Å²) in [4.78, 5) is 96.6. The SMILES string of the molecule is CCCCCC/C=C\CCCCCCCC(=O)O[C@H](CCCCCCCCCCC)CC(=O)NC1[C@H](OCC2O[C@H](OP(C)(=O)O)C(NC(=O)C[C@H](O)CCCCCCCCCCC)[C@@H](OC(=O)C[C@H](O)CCCCCCCCCCC)[C@@H]2O)OC(CO)C[C@@H]1OC(=O)C[C@@H](CCCCCCCCCCC)OC(=O)CCCCCCCCCCC. The molecule has 0 spiro atoms. The molecule has 704 valence electrons. The number of aliphatic hydroxyl groups is 4. The molecule has 5 unspecified atom stereocenters. The Labute approximate surface area is 729 Å². The highest BCUT2D eigenvalue weighted by molar-refractivity contribution is 7.51. The first kappa shape index (κ1) is 112. The van der Waals surface area contributed by atoms with Crippen LogP contribution in [0.1, 0.15) is 472 Å². The number of amides is 2. The van der Waals surface area contributed by atoms with Crippen molar-refractivity contribution in [1.82, 2.24) is 10.6 Å². The van der Waals surface area contributed by atoms with Crippen molar-refractivity contribution in [2.45, 2.75) is 551 Å². The average molecular weight is 1730 g/mol. The van der Waals surface area contributed by atoms with Crippen LogP contribution in [0.5, 0.6) is 0 Å². The van der Waals surface area contributed by atoms with Crippen molar-refractivity contribution >= 4 is 43.3 Å². The summed E-state index contributed by atoms with van der Waals surface area (Å²) in [6.07, 6.45) is 48.8. The molecule has 0 aliphatic carbocycles. The van der Waals surface area contributed by atoms with E-state index in [0.29, 0.717) is 57.8 Å². The Kier molecular flexibility index (Phi) is 71.9. The highest BCUT2D eigenvalue weighted by atomic mass is 31.2. The Hall–Kier alpha value is -3.57. The van der Waals surface area contributed by atoms with E-state index < -0.39 is 149 Å². The minimum absolute atomic E-state index is 0.153. The Balaban J connectivity index is 2.69. The van der Waals surface area contributed by atoms with Gasteiger partial charge in [-0.3, -0.25) is 37.9 Å². The standard InChI is InChI=1S/C97H181N2O20P/c1-8-14-20-26-32-38-39-40-41-47-53-59-64-70-88(105)113-81(68-62-56-50-44-35-29-23-17-11-4)75-87(104)98-92-84(116-91(108)76-82(69-63-57-51-45-36-30-24-18-12-5)114-89(106)71-65-58-52-46-37-31-25-19-13-6)74-83(77-100)115-96(92)112-78-85-94(109)95(118-90(107)73-80(102)67-61-55-49-43-34-28-22-16-10-3)93(97(117-85)119-120(7,110)111)99-86(103)72-79(101)66-60-54-48-42-33-27-21-15-9-2/h38-39,79-85,92-97,100-102,109H,8-37,40-78H2,1-7H3,(H,98,104)(H,99,103)(H,110,111)/b39-38-/t79-,80-,81-,82-,83?,84+,85?,92?,93?,94-,95-,96-,97-/m1/s1. The van der Waals surface area contributed by atoms with E-state index in [9.17, 15) is 53.9 Å². The topological polar surface area (TPSA) is 319 Å². The molecule has 2 saturated heterocycles. The van der Waals surface area contributed by atoms with E-state index in [1.165, 1.54) is 141 Å². The number of nitrogens with one attached hydrogen (secondary N) is 2. The minimum atomic E-state index is -4.58. The number of unbranched alkanes of at least 4 members (excludes halogenated alkanes) is 49.